The summed E-state index contributed by atoms with van der Waals surface area (Å²) in [5, 5.41) is 31.1. The summed E-state index contributed by atoms with van der Waals surface area (Å²) in [7, 11) is 1.02. The first kappa shape index (κ1) is 39.7. The maximum absolute atomic E-state index is 12.4. The maximum Gasteiger partial charge on any atom is 0.306 e. The second-order valence-electron chi connectivity index (χ2n) is 12.5. The van der Waals surface area contributed by atoms with Crippen molar-refractivity contribution in [2.45, 2.75) is 109 Å². The van der Waals surface area contributed by atoms with Gasteiger partial charge in [0, 0.05) is 25.7 Å². The number of esters is 2. The van der Waals surface area contributed by atoms with E-state index in [-0.39, 0.29) is 31.5 Å². The van der Waals surface area contributed by atoms with Crippen molar-refractivity contribution in [1.82, 2.24) is 0 Å². The number of carbonyl (C=O) groups excluding carboxylic acids is 2. The molecule has 7 atom stereocenters. The fraction of sp³-hybridized carbons (Fsp3) is 0.867. The predicted molar refractivity (Wildman–Crippen MR) is 160 cm³/mol. The molecule has 3 N–H and O–H groups in total. The molecular formula is C30H56NO11P. The smallest absolute Gasteiger partial charge is 0.306 e. The quantitative estimate of drug-likeness (QED) is 0.0495. The van der Waals surface area contributed by atoms with Gasteiger partial charge in [-0.05, 0) is 25.2 Å². The summed E-state index contributed by atoms with van der Waals surface area (Å²) in [5.41, 5.74) is 0. The third-order valence-corrected chi connectivity index (χ3v) is 8.41. The van der Waals surface area contributed by atoms with Gasteiger partial charge in [-0.3, -0.25) is 14.2 Å². The molecule has 43 heavy (non-hydrogen) atoms. The zero-order valence-electron chi connectivity index (χ0n) is 26.7. The average Bonchev–Trinajstić information content (AvgIpc) is 3.17. The van der Waals surface area contributed by atoms with Crippen LogP contribution < -0.4 is 4.89 Å². The van der Waals surface area contributed by atoms with Gasteiger partial charge in [-0.25, -0.2) is 0 Å². The van der Waals surface area contributed by atoms with E-state index in [1.807, 2.05) is 27.2 Å². The Labute approximate surface area is 257 Å². The Morgan fingerprint density at radius 1 is 1.02 bits per heavy atom. The summed E-state index contributed by atoms with van der Waals surface area (Å²) in [6, 6.07) is 0. The monoisotopic (exact) mass is 637 g/mol. The number of phosphoric ester groups is 1. The number of ether oxygens (including phenoxy) is 2. The van der Waals surface area contributed by atoms with Crippen molar-refractivity contribution in [2.75, 3.05) is 47.5 Å². The Morgan fingerprint density at radius 2 is 1.72 bits per heavy atom. The minimum absolute atomic E-state index is 0.0709. The third kappa shape index (κ3) is 18.9. The summed E-state index contributed by atoms with van der Waals surface area (Å²) in [6.07, 6.45) is 8.53. The highest BCUT2D eigenvalue weighted by molar-refractivity contribution is 7.45. The molecule has 0 bridgehead atoms. The van der Waals surface area contributed by atoms with E-state index in [9.17, 15) is 34.4 Å². The lowest BCUT2D eigenvalue weighted by molar-refractivity contribution is -0.870. The molecule has 1 aliphatic carbocycles. The summed E-state index contributed by atoms with van der Waals surface area (Å²) in [4.78, 5) is 35.7. The van der Waals surface area contributed by atoms with Crippen molar-refractivity contribution in [1.29, 1.82) is 0 Å². The van der Waals surface area contributed by atoms with Crippen LogP contribution in [0.25, 0.3) is 0 Å². The molecule has 0 aromatic heterocycles. The van der Waals surface area contributed by atoms with Gasteiger partial charge in [-0.1, -0.05) is 57.6 Å². The standard InChI is InChI=1S/C30H56NO11P/c1-6-7-10-13-24(33)16-17-27-26(28(34)20-29(27)35)14-11-8-9-12-15-30(36)42-25(21-39-23(2)32)22-41-43(37,38)40-19-18-31(3,4)5/h16-17,24-29,33-35H,6-15,18-22H2,1-5H3/b17-16+/t24-,25+,26+,27+,28-,29+/m0/s1. The van der Waals surface area contributed by atoms with E-state index in [1.165, 1.54) is 6.92 Å². The summed E-state index contributed by atoms with van der Waals surface area (Å²) >= 11 is 0. The van der Waals surface area contributed by atoms with Gasteiger partial charge in [-0.2, -0.15) is 0 Å². The number of unbranched alkanes of at least 4 members (excludes halogenated alkanes) is 5. The van der Waals surface area contributed by atoms with E-state index in [4.69, 9.17) is 18.5 Å². The summed E-state index contributed by atoms with van der Waals surface area (Å²) in [6.45, 7) is 2.78. The molecule has 1 unspecified atom stereocenters. The molecule has 0 aliphatic heterocycles. The van der Waals surface area contributed by atoms with Crippen LogP contribution in [0, 0.1) is 11.8 Å². The Morgan fingerprint density at radius 3 is 2.37 bits per heavy atom. The topological polar surface area (TPSA) is 172 Å². The van der Waals surface area contributed by atoms with E-state index >= 15 is 0 Å². The number of rotatable bonds is 23. The van der Waals surface area contributed by atoms with Gasteiger partial charge in [0.15, 0.2) is 6.10 Å². The highest BCUT2D eigenvalue weighted by Crippen LogP contribution is 2.39. The number of quaternary nitrogens is 1. The minimum atomic E-state index is -4.64. The largest absolute Gasteiger partial charge is 0.756 e. The molecule has 1 fully saturated rings. The predicted octanol–water partition coefficient (Wildman–Crippen LogP) is 2.87. The molecule has 0 amide bonds. The Bertz CT molecular complexity index is 879. The lowest BCUT2D eigenvalue weighted by atomic mass is 9.88. The van der Waals surface area contributed by atoms with Crippen LogP contribution in [0.4, 0.5) is 0 Å². The number of aliphatic hydroxyl groups is 3. The van der Waals surface area contributed by atoms with E-state index in [2.05, 4.69) is 6.92 Å². The Hall–Kier alpha value is -1.37. The van der Waals surface area contributed by atoms with Gasteiger partial charge in [0.2, 0.25) is 0 Å². The molecule has 12 nitrogen and oxygen atoms in total. The molecule has 0 aromatic rings. The van der Waals surface area contributed by atoms with Crippen molar-refractivity contribution >= 4 is 19.8 Å². The van der Waals surface area contributed by atoms with Gasteiger partial charge in [0.25, 0.3) is 7.82 Å². The molecule has 252 valence electrons. The first-order chi connectivity index (χ1) is 20.1. The number of nitrogens with zero attached hydrogens (tertiary/aromatic N) is 1. The number of aliphatic hydroxyl groups excluding tert-OH is 3. The molecule has 13 heteroatoms. The lowest BCUT2D eigenvalue weighted by Crippen LogP contribution is -2.37. The van der Waals surface area contributed by atoms with Gasteiger partial charge in [0.05, 0.1) is 46.1 Å². The first-order valence-corrected chi connectivity index (χ1v) is 17.1. The van der Waals surface area contributed by atoms with Crippen molar-refractivity contribution in [3.8, 4) is 0 Å². The molecule has 1 aliphatic rings. The van der Waals surface area contributed by atoms with Crippen LogP contribution in [0.5, 0.6) is 0 Å². The lowest BCUT2D eigenvalue weighted by Gasteiger charge is -2.28. The fourth-order valence-corrected chi connectivity index (χ4v) is 5.67. The zero-order chi connectivity index (χ0) is 32.5. The van der Waals surface area contributed by atoms with Crippen molar-refractivity contribution in [3.05, 3.63) is 12.2 Å². The van der Waals surface area contributed by atoms with Gasteiger partial charge >= 0.3 is 11.9 Å². The zero-order valence-corrected chi connectivity index (χ0v) is 27.6. The van der Waals surface area contributed by atoms with Crippen LogP contribution >= 0.6 is 7.82 Å². The van der Waals surface area contributed by atoms with Crippen LogP contribution in [0.1, 0.15) is 84.5 Å². The van der Waals surface area contributed by atoms with Crippen LogP contribution in [0.15, 0.2) is 12.2 Å². The SMILES string of the molecule is CCCCC[C@H](O)/C=C/[C@@H]1[C@@H](CCCCCCC(=O)O[C@H](COC(C)=O)COP(=O)([O-])OCC[N+](C)(C)C)[C@@H](O)C[C@H]1O. The van der Waals surface area contributed by atoms with Crippen LogP contribution in [0.3, 0.4) is 0 Å². The summed E-state index contributed by atoms with van der Waals surface area (Å²) < 4.78 is 32.5. The number of likely N-dealkylation sites (N-methyl/N-ethyl adjacent to an activating group) is 1. The maximum atomic E-state index is 12.4. The molecule has 0 radical (unpaired) electrons. The van der Waals surface area contributed by atoms with Gasteiger partial charge in [-0.15, -0.1) is 0 Å². The second-order valence-corrected chi connectivity index (χ2v) is 13.9. The number of phosphoric acid groups is 1. The fourth-order valence-electron chi connectivity index (χ4n) is 4.95. The molecule has 1 saturated carbocycles. The van der Waals surface area contributed by atoms with E-state index < -0.39 is 50.8 Å². The number of hydrogen-bond acceptors (Lipinski definition) is 11. The molecule has 0 saturated heterocycles. The molecule has 0 aromatic carbocycles. The molecular weight excluding hydrogens is 581 g/mol. The van der Waals surface area contributed by atoms with Crippen molar-refractivity contribution < 1.29 is 57.4 Å². The minimum Gasteiger partial charge on any atom is -0.756 e. The number of carbonyl (C=O) groups is 2. The van der Waals surface area contributed by atoms with E-state index in [1.54, 1.807) is 6.08 Å². The molecule has 0 spiro atoms. The first-order valence-electron chi connectivity index (χ1n) is 15.6. The highest BCUT2D eigenvalue weighted by Gasteiger charge is 2.39. The molecule has 0 heterocycles. The molecule has 1 rings (SSSR count). The second kappa shape index (κ2) is 20.6. The highest BCUT2D eigenvalue weighted by atomic mass is 31.2. The van der Waals surface area contributed by atoms with Crippen molar-refractivity contribution in [3.63, 3.8) is 0 Å². The van der Waals surface area contributed by atoms with E-state index in [0.29, 0.717) is 30.3 Å². The van der Waals surface area contributed by atoms with Crippen LogP contribution in [-0.4, -0.2) is 104 Å². The summed E-state index contributed by atoms with van der Waals surface area (Å²) in [5.74, 6) is -1.46. The van der Waals surface area contributed by atoms with Crippen LogP contribution in [0.2, 0.25) is 0 Å². The number of hydrogen-bond donors (Lipinski definition) is 3. The van der Waals surface area contributed by atoms with Crippen molar-refractivity contribution in [2.24, 2.45) is 11.8 Å². The van der Waals surface area contributed by atoms with Gasteiger partial charge in [0.1, 0.15) is 19.8 Å². The van der Waals surface area contributed by atoms with E-state index in [0.717, 1.165) is 44.9 Å². The van der Waals surface area contributed by atoms with Gasteiger partial charge < -0.3 is 43.2 Å². The Kier molecular flexibility index (Phi) is 19.0. The Balaban J connectivity index is 2.43. The third-order valence-electron chi connectivity index (χ3n) is 7.44. The average molecular weight is 638 g/mol. The van der Waals surface area contributed by atoms with Crippen LogP contribution in [-0.2, 0) is 32.7 Å². The normalized spacial score (nSPS) is 23.7.